The molecule has 2 rings (SSSR count). The van der Waals surface area contributed by atoms with Crippen molar-refractivity contribution in [3.63, 3.8) is 0 Å². The molecule has 0 bridgehead atoms. The molecule has 0 saturated heterocycles. The number of likely N-dealkylation sites (N-methyl/N-ethyl adjacent to an activating group) is 1. The highest BCUT2D eigenvalue weighted by Crippen LogP contribution is 2.22. The van der Waals surface area contributed by atoms with Crippen LogP contribution in [0, 0.1) is 0 Å². The van der Waals surface area contributed by atoms with E-state index in [-0.39, 0.29) is 12.3 Å². The fourth-order valence-corrected chi connectivity index (χ4v) is 2.48. The van der Waals surface area contributed by atoms with Crippen molar-refractivity contribution in [2.75, 3.05) is 18.5 Å². The first kappa shape index (κ1) is 15.9. The Bertz CT molecular complexity index is 638. The molecule has 2 nitrogen and oxygen atoms in total. The molecule has 110 valence electrons. The van der Waals surface area contributed by atoms with Gasteiger partial charge in [-0.1, -0.05) is 42.3 Å². The Hall–Kier alpha value is -1.51. The third kappa shape index (κ3) is 3.99. The van der Waals surface area contributed by atoms with Crippen LogP contribution in [0.15, 0.2) is 42.5 Å². The highest BCUT2D eigenvalue weighted by molar-refractivity contribution is 6.36. The van der Waals surface area contributed by atoms with Crippen molar-refractivity contribution in [2.45, 2.75) is 13.3 Å². The highest BCUT2D eigenvalue weighted by Gasteiger charge is 2.14. The van der Waals surface area contributed by atoms with Crippen LogP contribution in [0.2, 0.25) is 10.0 Å². The lowest BCUT2D eigenvalue weighted by Crippen LogP contribution is -2.25. The molecule has 0 saturated carbocycles. The van der Waals surface area contributed by atoms with Crippen LogP contribution >= 0.6 is 23.2 Å². The maximum absolute atomic E-state index is 12.3. The first-order valence-corrected chi connectivity index (χ1v) is 7.55. The number of aryl methyl sites for hydroxylation is 1. The minimum absolute atomic E-state index is 0.0513. The maximum Gasteiger partial charge on any atom is 0.183 e. The summed E-state index contributed by atoms with van der Waals surface area (Å²) in [6, 6.07) is 13.1. The summed E-state index contributed by atoms with van der Waals surface area (Å²) in [6.45, 7) is 2.37. The van der Waals surface area contributed by atoms with Gasteiger partial charge in [-0.15, -0.1) is 0 Å². The topological polar surface area (TPSA) is 20.3 Å². The van der Waals surface area contributed by atoms with Gasteiger partial charge in [0.15, 0.2) is 5.78 Å². The van der Waals surface area contributed by atoms with Crippen LogP contribution < -0.4 is 4.90 Å². The second kappa shape index (κ2) is 6.97. The molecule has 0 atom stereocenters. The van der Waals surface area contributed by atoms with Gasteiger partial charge in [-0.05, 0) is 42.3 Å². The Balaban J connectivity index is 2.12. The Kier molecular flexibility index (Phi) is 5.27. The summed E-state index contributed by atoms with van der Waals surface area (Å²) >= 11 is 12.0. The van der Waals surface area contributed by atoms with E-state index in [1.165, 1.54) is 5.56 Å². The first-order chi connectivity index (χ1) is 10.0. The van der Waals surface area contributed by atoms with Gasteiger partial charge in [-0.25, -0.2) is 0 Å². The second-order valence-electron chi connectivity index (χ2n) is 4.92. The van der Waals surface area contributed by atoms with Crippen LogP contribution in [-0.4, -0.2) is 19.4 Å². The standard InChI is InChI=1S/C17H17Cl2NO/c1-3-12-4-7-14(8-5-12)20(2)11-17(21)15-10-13(18)6-9-16(15)19/h4-10H,3,11H2,1-2H3. The van der Waals surface area contributed by atoms with Gasteiger partial charge >= 0.3 is 0 Å². The third-order valence-corrected chi connectivity index (χ3v) is 3.96. The molecular weight excluding hydrogens is 305 g/mol. The van der Waals surface area contributed by atoms with Crippen molar-refractivity contribution >= 4 is 34.7 Å². The molecule has 2 aromatic rings. The third-order valence-electron chi connectivity index (χ3n) is 3.39. The number of carbonyl (C=O) groups is 1. The Morgan fingerprint density at radius 1 is 1.10 bits per heavy atom. The molecule has 0 fully saturated rings. The van der Waals surface area contributed by atoms with Crippen molar-refractivity contribution in [3.05, 3.63) is 63.6 Å². The van der Waals surface area contributed by atoms with Gasteiger partial charge in [0.2, 0.25) is 0 Å². The Morgan fingerprint density at radius 2 is 1.76 bits per heavy atom. The van der Waals surface area contributed by atoms with E-state index >= 15 is 0 Å². The number of hydrogen-bond acceptors (Lipinski definition) is 2. The molecule has 0 aliphatic heterocycles. The van der Waals surface area contributed by atoms with Crippen molar-refractivity contribution in [1.29, 1.82) is 0 Å². The number of benzene rings is 2. The van der Waals surface area contributed by atoms with Crippen molar-refractivity contribution in [2.24, 2.45) is 0 Å². The van der Waals surface area contributed by atoms with E-state index in [0.717, 1.165) is 12.1 Å². The van der Waals surface area contributed by atoms with E-state index < -0.39 is 0 Å². The molecule has 0 heterocycles. The lowest BCUT2D eigenvalue weighted by atomic mass is 10.1. The number of anilines is 1. The van der Waals surface area contributed by atoms with E-state index in [1.54, 1.807) is 18.2 Å². The van der Waals surface area contributed by atoms with E-state index in [0.29, 0.717) is 15.6 Å². The number of halogens is 2. The predicted octanol–water partition coefficient (Wildman–Crippen LogP) is 4.87. The fraction of sp³-hybridized carbons (Fsp3) is 0.235. The quantitative estimate of drug-likeness (QED) is 0.732. The maximum atomic E-state index is 12.3. The van der Waals surface area contributed by atoms with Gasteiger partial charge in [0.1, 0.15) is 0 Å². The Labute approximate surface area is 135 Å². The molecule has 0 aromatic heterocycles. The van der Waals surface area contributed by atoms with E-state index in [4.69, 9.17) is 23.2 Å². The van der Waals surface area contributed by atoms with Gasteiger partial charge in [0, 0.05) is 23.3 Å². The van der Waals surface area contributed by atoms with Crippen LogP contribution in [0.4, 0.5) is 5.69 Å². The number of ketones is 1. The Morgan fingerprint density at radius 3 is 2.38 bits per heavy atom. The van der Waals surface area contributed by atoms with Gasteiger partial charge in [0.25, 0.3) is 0 Å². The second-order valence-corrected chi connectivity index (χ2v) is 5.77. The molecule has 0 spiro atoms. The van der Waals surface area contributed by atoms with Crippen LogP contribution in [0.3, 0.4) is 0 Å². The van der Waals surface area contributed by atoms with E-state index in [9.17, 15) is 4.79 Å². The summed E-state index contributed by atoms with van der Waals surface area (Å²) < 4.78 is 0. The van der Waals surface area contributed by atoms with Gasteiger partial charge in [-0.3, -0.25) is 4.79 Å². The first-order valence-electron chi connectivity index (χ1n) is 6.79. The summed E-state index contributed by atoms with van der Waals surface area (Å²) in [5.74, 6) is -0.0513. The molecule has 0 aliphatic carbocycles. The average molecular weight is 322 g/mol. The smallest absolute Gasteiger partial charge is 0.183 e. The predicted molar refractivity (Wildman–Crippen MR) is 89.9 cm³/mol. The SMILES string of the molecule is CCc1ccc(N(C)CC(=O)c2cc(Cl)ccc2Cl)cc1. The summed E-state index contributed by atoms with van der Waals surface area (Å²) in [5.41, 5.74) is 2.73. The molecule has 2 aromatic carbocycles. The van der Waals surface area contributed by atoms with Crippen LogP contribution in [0.1, 0.15) is 22.8 Å². The largest absolute Gasteiger partial charge is 0.367 e. The van der Waals surface area contributed by atoms with Crippen LogP contribution in [0.25, 0.3) is 0 Å². The zero-order chi connectivity index (χ0) is 15.4. The molecular formula is C17H17Cl2NO. The summed E-state index contributed by atoms with van der Waals surface area (Å²) in [7, 11) is 1.89. The molecule has 0 amide bonds. The minimum atomic E-state index is -0.0513. The lowest BCUT2D eigenvalue weighted by molar-refractivity contribution is 0.100. The number of nitrogens with zero attached hydrogens (tertiary/aromatic N) is 1. The van der Waals surface area contributed by atoms with Crippen LogP contribution in [-0.2, 0) is 6.42 Å². The lowest BCUT2D eigenvalue weighted by Gasteiger charge is -2.19. The van der Waals surface area contributed by atoms with Crippen LogP contribution in [0.5, 0.6) is 0 Å². The van der Waals surface area contributed by atoms with Crippen molar-refractivity contribution in [1.82, 2.24) is 0 Å². The molecule has 0 aliphatic rings. The zero-order valence-electron chi connectivity index (χ0n) is 12.1. The molecule has 0 unspecified atom stereocenters. The molecule has 21 heavy (non-hydrogen) atoms. The number of rotatable bonds is 5. The minimum Gasteiger partial charge on any atom is -0.367 e. The van der Waals surface area contributed by atoms with E-state index in [2.05, 4.69) is 19.1 Å². The number of hydrogen-bond donors (Lipinski definition) is 0. The van der Waals surface area contributed by atoms with Gasteiger partial charge < -0.3 is 4.90 Å². The zero-order valence-corrected chi connectivity index (χ0v) is 13.6. The summed E-state index contributed by atoms with van der Waals surface area (Å²) in [4.78, 5) is 14.2. The summed E-state index contributed by atoms with van der Waals surface area (Å²) in [5, 5.41) is 0.942. The molecule has 0 radical (unpaired) electrons. The average Bonchev–Trinajstić information content (AvgIpc) is 2.49. The molecule has 0 N–H and O–H groups in total. The monoisotopic (exact) mass is 321 g/mol. The van der Waals surface area contributed by atoms with Gasteiger partial charge in [0.05, 0.1) is 11.6 Å². The molecule has 4 heteroatoms. The fourth-order valence-electron chi connectivity index (χ4n) is 2.09. The van der Waals surface area contributed by atoms with Gasteiger partial charge in [-0.2, -0.15) is 0 Å². The summed E-state index contributed by atoms with van der Waals surface area (Å²) in [6.07, 6.45) is 1.00. The number of Topliss-reactive ketones (excluding diaryl/α,β-unsaturated/α-hetero) is 1. The highest BCUT2D eigenvalue weighted by atomic mass is 35.5. The van der Waals surface area contributed by atoms with Crippen molar-refractivity contribution in [3.8, 4) is 0 Å². The number of carbonyl (C=O) groups excluding carboxylic acids is 1. The van der Waals surface area contributed by atoms with E-state index in [1.807, 2.05) is 24.1 Å². The normalized spacial score (nSPS) is 10.5. The van der Waals surface area contributed by atoms with Crippen molar-refractivity contribution < 1.29 is 4.79 Å².